The van der Waals surface area contributed by atoms with E-state index in [1.807, 2.05) is 13.0 Å². The van der Waals surface area contributed by atoms with Gasteiger partial charge in [0.15, 0.2) is 11.2 Å². The molecule has 1 atom stereocenters. The zero-order valence-electron chi connectivity index (χ0n) is 7.77. The molecule has 0 aromatic carbocycles. The van der Waals surface area contributed by atoms with E-state index >= 15 is 0 Å². The highest BCUT2D eigenvalue weighted by Gasteiger charge is 2.13. The lowest BCUT2D eigenvalue weighted by Gasteiger charge is -1.99. The predicted octanol–water partition coefficient (Wildman–Crippen LogP) is 0.523. The molecule has 2 rings (SSSR count). The van der Waals surface area contributed by atoms with Gasteiger partial charge in [0.25, 0.3) is 0 Å². The van der Waals surface area contributed by atoms with E-state index in [1.54, 1.807) is 6.07 Å². The fraction of sp³-hybridized carbons (Fsp3) is 0.333. The Hall–Kier alpha value is -1.46. The van der Waals surface area contributed by atoms with Gasteiger partial charge in [-0.1, -0.05) is 0 Å². The molecule has 0 fully saturated rings. The van der Waals surface area contributed by atoms with E-state index in [-0.39, 0.29) is 6.61 Å². The Morgan fingerprint density at radius 2 is 2.29 bits per heavy atom. The topological polar surface area (TPSA) is 85.2 Å². The van der Waals surface area contributed by atoms with Gasteiger partial charge >= 0.3 is 0 Å². The lowest BCUT2D eigenvalue weighted by Crippen LogP contribution is -2.14. The van der Waals surface area contributed by atoms with Crippen LogP contribution in [-0.4, -0.2) is 21.7 Å². The summed E-state index contributed by atoms with van der Waals surface area (Å²) in [5.74, 6) is 0.320. The monoisotopic (exact) mass is 193 g/mol. The molecule has 0 aliphatic rings. The van der Waals surface area contributed by atoms with Crippen LogP contribution in [0.3, 0.4) is 0 Å². The Morgan fingerprint density at radius 3 is 3.00 bits per heavy atom. The summed E-state index contributed by atoms with van der Waals surface area (Å²) in [6.07, 6.45) is 0. The second kappa shape index (κ2) is 3.36. The number of aromatic nitrogens is 2. The summed E-state index contributed by atoms with van der Waals surface area (Å²) in [4.78, 5) is 8.25. The van der Waals surface area contributed by atoms with Crippen molar-refractivity contribution in [1.82, 2.24) is 9.97 Å². The molecule has 0 saturated heterocycles. The average molecular weight is 193 g/mol. The molecule has 0 aliphatic carbocycles. The molecular weight excluding hydrogens is 182 g/mol. The van der Waals surface area contributed by atoms with Crippen molar-refractivity contribution in [2.45, 2.75) is 13.0 Å². The summed E-state index contributed by atoms with van der Waals surface area (Å²) in [7, 11) is 0. The molecule has 0 radical (unpaired) electrons. The first-order valence-corrected chi connectivity index (χ1v) is 4.31. The summed E-state index contributed by atoms with van der Waals surface area (Å²) in [5.41, 5.74) is 7.56. The molecule has 0 amide bonds. The van der Waals surface area contributed by atoms with Crippen molar-refractivity contribution < 1.29 is 9.52 Å². The van der Waals surface area contributed by atoms with Gasteiger partial charge < -0.3 is 15.3 Å². The summed E-state index contributed by atoms with van der Waals surface area (Å²) in [6.45, 7) is 1.69. The first kappa shape index (κ1) is 9.11. The zero-order chi connectivity index (χ0) is 10.1. The molecule has 0 spiro atoms. The largest absolute Gasteiger partial charge is 0.437 e. The highest BCUT2D eigenvalue weighted by Crippen LogP contribution is 2.17. The summed E-state index contributed by atoms with van der Waals surface area (Å²) in [5, 5.41) is 8.82. The molecule has 0 saturated carbocycles. The molecule has 74 valence electrons. The maximum absolute atomic E-state index is 8.82. The number of nitrogens with zero attached hydrogens (tertiary/aromatic N) is 2. The first-order valence-electron chi connectivity index (χ1n) is 4.31. The van der Waals surface area contributed by atoms with Crippen molar-refractivity contribution in [2.75, 3.05) is 6.61 Å². The number of pyridine rings is 1. The Labute approximate surface area is 80.6 Å². The molecule has 2 aromatic heterocycles. The standard InChI is InChI=1S/C9H11N3O2/c1-5-2-3-7-8(11-5)12-9(14-7)6(10)4-13/h2-3,6,13H,4,10H2,1H3. The number of rotatable bonds is 2. The number of hydrogen-bond donors (Lipinski definition) is 2. The van der Waals surface area contributed by atoms with Crippen molar-refractivity contribution >= 4 is 11.2 Å². The minimum absolute atomic E-state index is 0.189. The van der Waals surface area contributed by atoms with Gasteiger partial charge in [0.05, 0.1) is 6.61 Å². The number of aryl methyl sites for hydroxylation is 1. The van der Waals surface area contributed by atoms with Crippen molar-refractivity contribution in [3.05, 3.63) is 23.7 Å². The summed E-state index contributed by atoms with van der Waals surface area (Å²) in [6, 6.07) is 3.05. The molecule has 0 bridgehead atoms. The van der Waals surface area contributed by atoms with E-state index < -0.39 is 6.04 Å². The maximum Gasteiger partial charge on any atom is 0.216 e. The zero-order valence-corrected chi connectivity index (χ0v) is 7.77. The lowest BCUT2D eigenvalue weighted by molar-refractivity contribution is 0.250. The van der Waals surface area contributed by atoms with Crippen molar-refractivity contribution in [3.63, 3.8) is 0 Å². The van der Waals surface area contributed by atoms with Gasteiger partial charge in [-0.05, 0) is 19.1 Å². The molecule has 5 nitrogen and oxygen atoms in total. The van der Waals surface area contributed by atoms with Crippen molar-refractivity contribution in [2.24, 2.45) is 5.73 Å². The van der Waals surface area contributed by atoms with Gasteiger partial charge in [0, 0.05) is 5.69 Å². The van der Waals surface area contributed by atoms with E-state index in [0.29, 0.717) is 17.1 Å². The molecule has 0 aliphatic heterocycles. The summed E-state index contributed by atoms with van der Waals surface area (Å²) >= 11 is 0. The highest BCUT2D eigenvalue weighted by atomic mass is 16.4. The van der Waals surface area contributed by atoms with Crippen molar-refractivity contribution in [1.29, 1.82) is 0 Å². The van der Waals surface area contributed by atoms with Crippen molar-refractivity contribution in [3.8, 4) is 0 Å². The van der Waals surface area contributed by atoms with Crippen LogP contribution < -0.4 is 5.73 Å². The quantitative estimate of drug-likeness (QED) is 0.726. The second-order valence-corrected chi connectivity index (χ2v) is 3.12. The van der Waals surface area contributed by atoms with Crippen LogP contribution in [-0.2, 0) is 0 Å². The van der Waals surface area contributed by atoms with E-state index in [1.165, 1.54) is 0 Å². The van der Waals surface area contributed by atoms with Crippen LogP contribution in [0.5, 0.6) is 0 Å². The number of oxazole rings is 1. The molecule has 2 aromatic rings. The smallest absolute Gasteiger partial charge is 0.216 e. The van der Waals surface area contributed by atoms with Gasteiger partial charge in [0.2, 0.25) is 5.89 Å². The first-order chi connectivity index (χ1) is 6.70. The normalized spacial score (nSPS) is 13.4. The van der Waals surface area contributed by atoms with Crippen LogP contribution in [0, 0.1) is 6.92 Å². The minimum Gasteiger partial charge on any atom is -0.437 e. The number of hydrogen-bond acceptors (Lipinski definition) is 5. The molecular formula is C9H11N3O2. The highest BCUT2D eigenvalue weighted by molar-refractivity contribution is 5.67. The number of nitrogens with two attached hydrogens (primary N) is 1. The molecule has 5 heteroatoms. The van der Waals surface area contributed by atoms with Crippen LogP contribution in [0.4, 0.5) is 0 Å². The van der Waals surface area contributed by atoms with E-state index in [4.69, 9.17) is 15.3 Å². The predicted molar refractivity (Wildman–Crippen MR) is 50.6 cm³/mol. The van der Waals surface area contributed by atoms with Crippen LogP contribution >= 0.6 is 0 Å². The van der Waals surface area contributed by atoms with Crippen LogP contribution in [0.25, 0.3) is 11.2 Å². The maximum atomic E-state index is 8.82. The SMILES string of the molecule is Cc1ccc2oc(C(N)CO)nc2n1. The second-order valence-electron chi connectivity index (χ2n) is 3.12. The number of aliphatic hydroxyl groups is 1. The number of aliphatic hydroxyl groups excluding tert-OH is 1. The lowest BCUT2D eigenvalue weighted by atomic mass is 10.3. The third kappa shape index (κ3) is 1.47. The Bertz CT molecular complexity index is 452. The molecule has 14 heavy (non-hydrogen) atoms. The van der Waals surface area contributed by atoms with Gasteiger partial charge in [-0.3, -0.25) is 0 Å². The minimum atomic E-state index is -0.579. The van der Waals surface area contributed by atoms with E-state index in [2.05, 4.69) is 9.97 Å². The number of fused-ring (bicyclic) bond motifs is 1. The van der Waals surface area contributed by atoms with Gasteiger partial charge in [-0.25, -0.2) is 4.98 Å². The fourth-order valence-electron chi connectivity index (χ4n) is 1.17. The van der Waals surface area contributed by atoms with Crippen LogP contribution in [0.2, 0.25) is 0 Å². The molecule has 1 unspecified atom stereocenters. The molecule has 3 N–H and O–H groups in total. The van der Waals surface area contributed by atoms with Crippen LogP contribution in [0.15, 0.2) is 16.5 Å². The van der Waals surface area contributed by atoms with E-state index in [0.717, 1.165) is 5.69 Å². The Morgan fingerprint density at radius 1 is 1.50 bits per heavy atom. The van der Waals surface area contributed by atoms with Gasteiger partial charge in [-0.15, -0.1) is 0 Å². The van der Waals surface area contributed by atoms with Gasteiger partial charge in [0.1, 0.15) is 6.04 Å². The van der Waals surface area contributed by atoms with E-state index in [9.17, 15) is 0 Å². The summed E-state index contributed by atoms with van der Waals surface area (Å²) < 4.78 is 5.32. The average Bonchev–Trinajstić information content (AvgIpc) is 2.59. The van der Waals surface area contributed by atoms with Gasteiger partial charge in [-0.2, -0.15) is 4.98 Å². The molecule has 2 heterocycles. The Kier molecular flexibility index (Phi) is 2.18. The Balaban J connectivity index is 2.51. The third-order valence-electron chi connectivity index (χ3n) is 1.92. The third-order valence-corrected chi connectivity index (χ3v) is 1.92. The van der Waals surface area contributed by atoms with Crippen LogP contribution in [0.1, 0.15) is 17.6 Å². The fourth-order valence-corrected chi connectivity index (χ4v) is 1.17.